The van der Waals surface area contributed by atoms with Crippen LogP contribution in [0.2, 0.25) is 0 Å². The number of benzene rings is 6. The second-order valence-corrected chi connectivity index (χ2v) is 17.3. The molecule has 6 aromatic carbocycles. The molecule has 0 spiro atoms. The van der Waals surface area contributed by atoms with Crippen LogP contribution in [0, 0.1) is 23.7 Å². The van der Waals surface area contributed by atoms with Gasteiger partial charge in [-0.05, 0) is 102 Å². The molecule has 4 fully saturated rings. The maximum Gasteiger partial charge on any atom is 0.164 e. The van der Waals surface area contributed by atoms with Gasteiger partial charge in [0, 0.05) is 33.2 Å². The van der Waals surface area contributed by atoms with Crippen LogP contribution < -0.4 is 4.90 Å². The average molecular weight is 727 g/mol. The van der Waals surface area contributed by atoms with Crippen molar-refractivity contribution in [2.45, 2.75) is 56.8 Å². The third-order valence-electron chi connectivity index (χ3n) is 14.0. The molecular weight excluding hydrogens is 681 g/mol. The fraction of sp³-hybridized carbons (Fsp3) is 0.250. The van der Waals surface area contributed by atoms with Crippen LogP contribution in [0.15, 0.2) is 158 Å². The highest BCUT2D eigenvalue weighted by atomic mass is 15.2. The van der Waals surface area contributed by atoms with E-state index in [9.17, 15) is 0 Å². The van der Waals surface area contributed by atoms with Crippen molar-refractivity contribution in [3.63, 3.8) is 0 Å². The zero-order valence-corrected chi connectivity index (χ0v) is 32.1. The summed E-state index contributed by atoms with van der Waals surface area (Å²) < 4.78 is 0. The monoisotopic (exact) mass is 726 g/mol. The van der Waals surface area contributed by atoms with Gasteiger partial charge in [0.05, 0.1) is 11.4 Å². The van der Waals surface area contributed by atoms with E-state index in [4.69, 9.17) is 15.0 Å². The molecule has 0 atom stereocenters. The lowest BCUT2D eigenvalue weighted by Crippen LogP contribution is -2.56. The Labute approximate surface area is 330 Å². The number of fused-ring (bicyclic) bond motifs is 2. The molecule has 0 radical (unpaired) electrons. The number of nitrogens with zero attached hydrogens (tertiary/aromatic N) is 4. The predicted octanol–water partition coefficient (Wildman–Crippen LogP) is 12.7. The molecule has 12 rings (SSSR count). The summed E-state index contributed by atoms with van der Waals surface area (Å²) in [5.41, 5.74) is 12.3. The minimum Gasteiger partial charge on any atom is -0.310 e. The minimum absolute atomic E-state index is 0.0202. The van der Waals surface area contributed by atoms with Gasteiger partial charge in [0.15, 0.2) is 17.5 Å². The Morgan fingerprint density at radius 3 is 1.29 bits per heavy atom. The van der Waals surface area contributed by atoms with E-state index in [2.05, 4.69) is 140 Å². The highest BCUT2D eigenvalue weighted by Gasteiger charge is 2.58. The number of aromatic nitrogens is 3. The first kappa shape index (κ1) is 33.5. The van der Waals surface area contributed by atoms with Crippen molar-refractivity contribution in [1.29, 1.82) is 0 Å². The molecule has 7 aromatic rings. The van der Waals surface area contributed by atoms with Gasteiger partial charge < -0.3 is 4.90 Å². The smallest absolute Gasteiger partial charge is 0.164 e. The molecule has 4 saturated carbocycles. The maximum absolute atomic E-state index is 5.06. The summed E-state index contributed by atoms with van der Waals surface area (Å²) in [5, 5.41) is 0. The summed E-state index contributed by atoms with van der Waals surface area (Å²) in [4.78, 5) is 17.5. The molecule has 4 aliphatic carbocycles. The van der Waals surface area contributed by atoms with Crippen molar-refractivity contribution in [2.24, 2.45) is 23.7 Å². The first-order valence-corrected chi connectivity index (χ1v) is 20.5. The molecule has 1 aromatic heterocycles. The highest BCUT2D eigenvalue weighted by Crippen LogP contribution is 2.65. The van der Waals surface area contributed by atoms with E-state index >= 15 is 0 Å². The van der Waals surface area contributed by atoms with Gasteiger partial charge in [-0.3, -0.25) is 0 Å². The Hall–Kier alpha value is -5.87. The van der Waals surface area contributed by atoms with E-state index in [1.165, 1.54) is 71.4 Å². The third kappa shape index (κ3) is 5.15. The molecular formula is C52H46N4. The SMILES string of the molecule is CC1(C)c2ccccc2N(c2ccc(C3(c4ccc(-c5nc(-c6ccccc6)nc(-c6ccccc6)n5)cc4)C4CC5CC(C4)CC3C5)cc2)c2ccccc21. The van der Waals surface area contributed by atoms with Gasteiger partial charge in [0.1, 0.15) is 0 Å². The van der Waals surface area contributed by atoms with Crippen LogP contribution in [-0.4, -0.2) is 15.0 Å². The van der Waals surface area contributed by atoms with Gasteiger partial charge in [0.2, 0.25) is 0 Å². The Morgan fingerprint density at radius 2 is 0.821 bits per heavy atom. The van der Waals surface area contributed by atoms with Crippen LogP contribution in [0.25, 0.3) is 34.2 Å². The molecule has 2 heterocycles. The van der Waals surface area contributed by atoms with Crippen LogP contribution in [-0.2, 0) is 10.8 Å². The van der Waals surface area contributed by atoms with Crippen LogP contribution in [0.3, 0.4) is 0 Å². The molecule has 5 aliphatic rings. The van der Waals surface area contributed by atoms with E-state index in [1.807, 2.05) is 36.4 Å². The standard InChI is InChI=1S/C52H46N4/c1-51(2)44-17-9-11-19-46(44)56(47-20-12-10-18-45(47)51)43-27-25-40(26-28-43)52(41-30-34-29-35(32-41)33-42(52)31-34)39-23-21-38(22-24-39)50-54-48(36-13-5-3-6-14-36)53-49(55-50)37-15-7-4-8-16-37/h3-28,34-35,41-42H,29-33H2,1-2H3. The van der Waals surface area contributed by atoms with E-state index in [-0.39, 0.29) is 10.8 Å². The summed E-state index contributed by atoms with van der Waals surface area (Å²) in [5.74, 6) is 5.10. The first-order valence-electron chi connectivity index (χ1n) is 20.5. The van der Waals surface area contributed by atoms with Crippen LogP contribution in [0.1, 0.15) is 68.2 Å². The van der Waals surface area contributed by atoms with Crippen LogP contribution >= 0.6 is 0 Å². The molecule has 4 heteroatoms. The van der Waals surface area contributed by atoms with E-state index in [1.54, 1.807) is 0 Å². The number of para-hydroxylation sites is 2. The number of anilines is 3. The molecule has 4 nitrogen and oxygen atoms in total. The lowest BCUT2D eigenvalue weighted by molar-refractivity contribution is -0.0418. The van der Waals surface area contributed by atoms with Gasteiger partial charge in [0.25, 0.3) is 0 Å². The molecule has 0 unspecified atom stereocenters. The fourth-order valence-corrected chi connectivity index (χ4v) is 11.7. The highest BCUT2D eigenvalue weighted by molar-refractivity contribution is 5.86. The van der Waals surface area contributed by atoms with Crippen molar-refractivity contribution < 1.29 is 0 Å². The van der Waals surface area contributed by atoms with Crippen molar-refractivity contribution in [3.05, 3.63) is 180 Å². The normalized spacial score (nSPS) is 24.1. The van der Waals surface area contributed by atoms with Crippen molar-refractivity contribution in [2.75, 3.05) is 4.90 Å². The summed E-state index contributed by atoms with van der Waals surface area (Å²) in [7, 11) is 0. The van der Waals surface area contributed by atoms with E-state index in [0.29, 0.717) is 29.3 Å². The van der Waals surface area contributed by atoms with Gasteiger partial charge in [-0.25, -0.2) is 15.0 Å². The average Bonchev–Trinajstić information content (AvgIpc) is 3.25. The number of rotatable bonds is 6. The zero-order valence-electron chi connectivity index (χ0n) is 32.1. The van der Waals surface area contributed by atoms with Crippen molar-refractivity contribution >= 4 is 17.1 Å². The van der Waals surface area contributed by atoms with Crippen molar-refractivity contribution in [1.82, 2.24) is 15.0 Å². The third-order valence-corrected chi connectivity index (χ3v) is 14.0. The molecule has 0 saturated heterocycles. The molecule has 0 amide bonds. The molecule has 4 bridgehead atoms. The largest absolute Gasteiger partial charge is 0.310 e. The lowest BCUT2D eigenvalue weighted by atomic mass is 9.42. The summed E-state index contributed by atoms with van der Waals surface area (Å²) in [6.07, 6.45) is 6.73. The lowest BCUT2D eigenvalue weighted by Gasteiger charge is -2.62. The summed E-state index contributed by atoms with van der Waals surface area (Å²) >= 11 is 0. The second-order valence-electron chi connectivity index (χ2n) is 17.3. The Kier molecular flexibility index (Phi) is 7.68. The first-order chi connectivity index (χ1) is 27.5. The molecule has 1 aliphatic heterocycles. The second kappa shape index (κ2) is 12.8. The number of hydrogen-bond donors (Lipinski definition) is 0. The Bertz CT molecular complexity index is 2420. The molecule has 0 N–H and O–H groups in total. The fourth-order valence-electron chi connectivity index (χ4n) is 11.7. The van der Waals surface area contributed by atoms with Crippen LogP contribution in [0.4, 0.5) is 17.1 Å². The summed E-state index contributed by atoms with van der Waals surface area (Å²) in [6.45, 7) is 4.72. The van der Waals surface area contributed by atoms with Gasteiger partial charge >= 0.3 is 0 Å². The van der Waals surface area contributed by atoms with Crippen LogP contribution in [0.5, 0.6) is 0 Å². The Balaban J connectivity index is 1.01. The molecule has 274 valence electrons. The predicted molar refractivity (Wildman–Crippen MR) is 227 cm³/mol. The van der Waals surface area contributed by atoms with Crippen molar-refractivity contribution in [3.8, 4) is 34.2 Å². The van der Waals surface area contributed by atoms with Gasteiger partial charge in [-0.2, -0.15) is 0 Å². The summed E-state index contributed by atoms with van der Waals surface area (Å²) in [6, 6.07) is 57.6. The number of hydrogen-bond acceptors (Lipinski definition) is 4. The zero-order chi connectivity index (χ0) is 37.4. The van der Waals surface area contributed by atoms with Gasteiger partial charge in [-0.1, -0.05) is 147 Å². The maximum atomic E-state index is 5.06. The van der Waals surface area contributed by atoms with E-state index in [0.717, 1.165) is 28.5 Å². The minimum atomic E-state index is -0.0756. The quantitative estimate of drug-likeness (QED) is 0.171. The Morgan fingerprint density at radius 1 is 0.429 bits per heavy atom. The molecule has 56 heavy (non-hydrogen) atoms. The van der Waals surface area contributed by atoms with E-state index < -0.39 is 0 Å². The van der Waals surface area contributed by atoms with Gasteiger partial charge in [-0.15, -0.1) is 0 Å². The topological polar surface area (TPSA) is 41.9 Å².